The van der Waals surface area contributed by atoms with E-state index in [1.54, 1.807) is 19.5 Å². The third-order valence-electron chi connectivity index (χ3n) is 4.60. The van der Waals surface area contributed by atoms with Gasteiger partial charge in [-0.05, 0) is 62.3 Å². The first kappa shape index (κ1) is 26.0. The van der Waals surface area contributed by atoms with E-state index in [4.69, 9.17) is 22.1 Å². The molecule has 0 unspecified atom stereocenters. The fourth-order valence-corrected chi connectivity index (χ4v) is 2.78. The molecule has 0 aliphatic carbocycles. The molecule has 31 heavy (non-hydrogen) atoms. The Bertz CT molecular complexity index is 940. The lowest BCUT2D eigenvalue weighted by Crippen LogP contribution is -2.14. The van der Waals surface area contributed by atoms with Gasteiger partial charge in [0.15, 0.2) is 0 Å². The molecule has 0 amide bonds. The maximum atomic E-state index is 6.20. The van der Waals surface area contributed by atoms with Crippen LogP contribution in [0.2, 0.25) is 0 Å². The first-order valence-electron chi connectivity index (χ1n) is 10.1. The van der Waals surface area contributed by atoms with E-state index in [9.17, 15) is 0 Å². The lowest BCUT2D eigenvalue weighted by atomic mass is 10.2. The highest BCUT2D eigenvalue weighted by atomic mass is 35.5. The predicted molar refractivity (Wildman–Crippen MR) is 133 cm³/mol. The lowest BCUT2D eigenvalue weighted by molar-refractivity contribution is 0.293. The summed E-state index contributed by atoms with van der Waals surface area (Å²) in [5.41, 5.74) is 10.2. The zero-order chi connectivity index (χ0) is 23.2. The van der Waals surface area contributed by atoms with Crippen molar-refractivity contribution in [3.8, 4) is 0 Å². The molecule has 0 aromatic carbocycles. The van der Waals surface area contributed by atoms with Crippen molar-refractivity contribution in [1.82, 2.24) is 9.55 Å². The van der Waals surface area contributed by atoms with Crippen molar-refractivity contribution in [3.63, 3.8) is 0 Å². The number of aryl methyl sites for hydroxylation is 1. The minimum absolute atomic E-state index is 0.440. The number of ether oxygens (including phenoxy) is 1. The maximum Gasteiger partial charge on any atom is 0.132 e. The second-order valence-electron chi connectivity index (χ2n) is 6.62. The number of nitrogens with zero attached hydrogens (tertiary/aromatic N) is 3. The van der Waals surface area contributed by atoms with Crippen LogP contribution in [0.4, 0.5) is 0 Å². The average Bonchev–Trinajstić information content (AvgIpc) is 3.15. The van der Waals surface area contributed by atoms with Gasteiger partial charge in [-0.2, -0.15) is 0 Å². The van der Waals surface area contributed by atoms with Gasteiger partial charge in [-0.25, -0.2) is 4.99 Å². The highest BCUT2D eigenvalue weighted by Gasteiger charge is 2.06. The molecule has 5 nitrogen and oxygen atoms in total. The van der Waals surface area contributed by atoms with Crippen LogP contribution in [0.5, 0.6) is 0 Å². The Morgan fingerprint density at radius 1 is 1.32 bits per heavy atom. The minimum atomic E-state index is 0.440. The number of hydrogen-bond donors (Lipinski definition) is 1. The van der Waals surface area contributed by atoms with E-state index in [1.807, 2.05) is 44.2 Å². The maximum absolute atomic E-state index is 6.20. The summed E-state index contributed by atoms with van der Waals surface area (Å²) in [6.45, 7) is 12.8. The summed E-state index contributed by atoms with van der Waals surface area (Å²) in [5.74, 6) is 1.24. The molecule has 0 radical (unpaired) electrons. The Balaban J connectivity index is 0.00000233. The fourth-order valence-electron chi connectivity index (χ4n) is 2.66. The Morgan fingerprint density at radius 3 is 2.68 bits per heavy atom. The summed E-state index contributed by atoms with van der Waals surface area (Å²) in [6.07, 6.45) is 12.9. The second-order valence-corrected chi connectivity index (χ2v) is 7.11. The molecule has 0 bridgehead atoms. The van der Waals surface area contributed by atoms with E-state index in [0.29, 0.717) is 12.3 Å². The Labute approximate surface area is 191 Å². The smallest absolute Gasteiger partial charge is 0.132 e. The van der Waals surface area contributed by atoms with Crippen LogP contribution in [-0.4, -0.2) is 22.5 Å². The molecular weight excluding hydrogens is 408 g/mol. The molecule has 0 aliphatic heterocycles. The SMILES string of the molecule is C=C.CC/C(Cl)=C\c1ccn(CC/C(=C\C=C(/C)OC)N=C(N)c2cccnc2)c1C. The topological polar surface area (TPSA) is 65.4 Å². The number of methoxy groups -OCH3 is 1. The third kappa shape index (κ3) is 8.69. The third-order valence-corrected chi connectivity index (χ3v) is 4.97. The molecule has 0 saturated carbocycles. The summed E-state index contributed by atoms with van der Waals surface area (Å²) in [6, 6.07) is 5.82. The van der Waals surface area contributed by atoms with Crippen molar-refractivity contribution >= 4 is 23.5 Å². The van der Waals surface area contributed by atoms with Crippen LogP contribution in [0.3, 0.4) is 0 Å². The van der Waals surface area contributed by atoms with Gasteiger partial charge in [0.2, 0.25) is 0 Å². The molecule has 0 fully saturated rings. The van der Waals surface area contributed by atoms with E-state index in [1.165, 1.54) is 5.69 Å². The molecule has 0 aliphatic rings. The van der Waals surface area contributed by atoms with Crippen molar-refractivity contribution in [2.24, 2.45) is 10.7 Å². The van der Waals surface area contributed by atoms with Crippen molar-refractivity contribution in [3.05, 3.63) is 95.4 Å². The van der Waals surface area contributed by atoms with Crippen LogP contribution in [0.15, 0.2) is 83.6 Å². The van der Waals surface area contributed by atoms with Gasteiger partial charge >= 0.3 is 0 Å². The van der Waals surface area contributed by atoms with E-state index in [-0.39, 0.29) is 0 Å². The Hall–Kier alpha value is -3.05. The van der Waals surface area contributed by atoms with E-state index in [2.05, 4.69) is 46.9 Å². The van der Waals surface area contributed by atoms with Gasteiger partial charge in [0.1, 0.15) is 5.84 Å². The first-order valence-corrected chi connectivity index (χ1v) is 10.5. The highest BCUT2D eigenvalue weighted by molar-refractivity contribution is 6.31. The zero-order valence-electron chi connectivity index (χ0n) is 18.9. The Kier molecular flexibility index (Phi) is 11.8. The largest absolute Gasteiger partial charge is 0.501 e. The monoisotopic (exact) mass is 440 g/mol. The summed E-state index contributed by atoms with van der Waals surface area (Å²) >= 11 is 6.20. The van der Waals surface area contributed by atoms with Crippen LogP contribution in [-0.2, 0) is 11.3 Å². The quantitative estimate of drug-likeness (QED) is 0.165. The molecular formula is C25H33ClN4O. The normalized spacial score (nSPS) is 12.9. The number of halogens is 1. The zero-order valence-corrected chi connectivity index (χ0v) is 19.7. The summed E-state index contributed by atoms with van der Waals surface area (Å²) in [4.78, 5) is 8.74. The van der Waals surface area contributed by atoms with E-state index in [0.717, 1.165) is 40.6 Å². The summed E-state index contributed by atoms with van der Waals surface area (Å²) in [7, 11) is 1.65. The highest BCUT2D eigenvalue weighted by Crippen LogP contribution is 2.19. The van der Waals surface area contributed by atoms with Crippen LogP contribution in [0.1, 0.15) is 43.5 Å². The van der Waals surface area contributed by atoms with E-state index >= 15 is 0 Å². The number of nitrogens with two attached hydrogens (primary N) is 1. The molecule has 2 aromatic heterocycles. The van der Waals surface area contributed by atoms with E-state index < -0.39 is 0 Å². The number of aromatic nitrogens is 2. The molecule has 0 spiro atoms. The molecule has 0 atom stereocenters. The molecule has 2 N–H and O–H groups in total. The van der Waals surface area contributed by atoms with Gasteiger partial charge < -0.3 is 15.0 Å². The number of amidine groups is 1. The number of aliphatic imine (C=N–C) groups is 1. The molecule has 166 valence electrons. The summed E-state index contributed by atoms with van der Waals surface area (Å²) < 4.78 is 7.42. The number of allylic oxidation sites excluding steroid dienone is 5. The fraction of sp³-hybridized carbons (Fsp3) is 0.280. The molecule has 2 heterocycles. The van der Waals surface area contributed by atoms with Gasteiger partial charge in [0.05, 0.1) is 12.9 Å². The Morgan fingerprint density at radius 2 is 2.06 bits per heavy atom. The number of pyridine rings is 1. The van der Waals surface area contributed by atoms with Crippen LogP contribution in [0.25, 0.3) is 6.08 Å². The van der Waals surface area contributed by atoms with Crippen LogP contribution < -0.4 is 5.73 Å². The standard InChI is InChI=1S/C23H29ClN4O.C2H4/c1-5-21(24)15-19-10-13-28(18(19)3)14-11-22(9-8-17(2)29-4)27-23(25)20-7-6-12-26-16-20;1-2/h6-10,12-13,15-16H,5,11,14H2,1-4H3,(H2,25,27);1-2H2/b17-8+,21-15+,22-9+;. The van der Waals surface area contributed by atoms with Crippen molar-refractivity contribution < 1.29 is 4.74 Å². The van der Waals surface area contributed by atoms with Crippen molar-refractivity contribution in [2.45, 2.75) is 40.2 Å². The first-order chi connectivity index (χ1) is 14.9. The predicted octanol–water partition coefficient (Wildman–Crippen LogP) is 6.21. The van der Waals surface area contributed by atoms with Crippen molar-refractivity contribution in [1.29, 1.82) is 0 Å². The average molecular weight is 441 g/mol. The molecule has 2 aromatic rings. The van der Waals surface area contributed by atoms with Gasteiger partial charge in [-0.3, -0.25) is 4.98 Å². The second kappa shape index (κ2) is 14.0. The molecule has 2 rings (SSSR count). The van der Waals surface area contributed by atoms with Crippen LogP contribution in [0, 0.1) is 6.92 Å². The van der Waals surface area contributed by atoms with Gasteiger partial charge in [0.25, 0.3) is 0 Å². The van der Waals surface area contributed by atoms with Crippen molar-refractivity contribution in [2.75, 3.05) is 7.11 Å². The molecule has 6 heteroatoms. The van der Waals surface area contributed by atoms with Gasteiger partial charge in [-0.15, -0.1) is 13.2 Å². The van der Waals surface area contributed by atoms with Gasteiger partial charge in [0, 0.05) is 53.5 Å². The lowest BCUT2D eigenvalue weighted by Gasteiger charge is -2.09. The number of rotatable bonds is 9. The van der Waals surface area contributed by atoms with Crippen LogP contribution >= 0.6 is 11.6 Å². The van der Waals surface area contributed by atoms with Gasteiger partial charge in [-0.1, -0.05) is 18.5 Å². The molecule has 0 saturated heterocycles. The minimum Gasteiger partial charge on any atom is -0.501 e. The number of hydrogen-bond acceptors (Lipinski definition) is 3. The summed E-state index contributed by atoms with van der Waals surface area (Å²) in [5, 5.41) is 0.848.